The molecule has 0 aliphatic rings. The van der Waals surface area contributed by atoms with E-state index < -0.39 is 9.84 Å². The molecule has 0 fully saturated rings. The number of sulfone groups is 1. The molecule has 0 spiro atoms. The second kappa shape index (κ2) is 6.00. The summed E-state index contributed by atoms with van der Waals surface area (Å²) in [7, 11) is -3.03. The second-order valence-electron chi connectivity index (χ2n) is 4.66. The largest absolute Gasteiger partial charge is 0.351 e. The predicted molar refractivity (Wildman–Crippen MR) is 72.6 cm³/mol. The molecule has 100 valence electrons. The average Bonchev–Trinajstić information content (AvgIpc) is 2.27. The van der Waals surface area contributed by atoms with Gasteiger partial charge in [-0.1, -0.05) is 26.0 Å². The molecule has 0 heterocycles. The van der Waals surface area contributed by atoms with E-state index in [2.05, 4.69) is 19.2 Å². The highest BCUT2D eigenvalue weighted by Gasteiger charge is 2.07. The molecule has 0 radical (unpaired) electrons. The molecule has 1 N–H and O–H groups in total. The van der Waals surface area contributed by atoms with Crippen LogP contribution in [0.4, 0.5) is 0 Å². The van der Waals surface area contributed by atoms with Crippen molar-refractivity contribution in [2.24, 2.45) is 0 Å². The Morgan fingerprint density at radius 2 is 1.78 bits per heavy atom. The number of hydrogen-bond donors (Lipinski definition) is 1. The third kappa shape index (κ3) is 4.87. The Hall–Kier alpha value is -1.36. The summed E-state index contributed by atoms with van der Waals surface area (Å²) < 4.78 is 21.8. The van der Waals surface area contributed by atoms with Crippen LogP contribution in [-0.4, -0.2) is 32.9 Å². The van der Waals surface area contributed by atoms with Crippen LogP contribution in [0.1, 0.15) is 35.7 Å². The van der Waals surface area contributed by atoms with Crippen LogP contribution in [0.25, 0.3) is 0 Å². The van der Waals surface area contributed by atoms with Gasteiger partial charge >= 0.3 is 0 Å². The summed E-state index contributed by atoms with van der Waals surface area (Å²) in [4.78, 5) is 11.7. The highest BCUT2D eigenvalue weighted by Crippen LogP contribution is 2.14. The van der Waals surface area contributed by atoms with Crippen molar-refractivity contribution < 1.29 is 13.2 Å². The smallest absolute Gasteiger partial charge is 0.251 e. The number of amides is 1. The summed E-state index contributed by atoms with van der Waals surface area (Å²) in [5, 5.41) is 2.59. The van der Waals surface area contributed by atoms with Crippen LogP contribution in [0.2, 0.25) is 0 Å². The second-order valence-corrected chi connectivity index (χ2v) is 6.92. The monoisotopic (exact) mass is 269 g/mol. The molecule has 0 unspecified atom stereocenters. The number of hydrogen-bond acceptors (Lipinski definition) is 3. The number of rotatable bonds is 5. The van der Waals surface area contributed by atoms with Crippen LogP contribution in [-0.2, 0) is 9.84 Å². The van der Waals surface area contributed by atoms with Crippen molar-refractivity contribution in [3.8, 4) is 0 Å². The average molecular weight is 269 g/mol. The zero-order chi connectivity index (χ0) is 13.8. The van der Waals surface area contributed by atoms with E-state index >= 15 is 0 Å². The third-order valence-corrected chi connectivity index (χ3v) is 3.54. The molecule has 18 heavy (non-hydrogen) atoms. The summed E-state index contributed by atoms with van der Waals surface area (Å²) in [5.41, 5.74) is 1.72. The molecule has 0 bridgehead atoms. The lowest BCUT2D eigenvalue weighted by Crippen LogP contribution is -2.28. The van der Waals surface area contributed by atoms with Gasteiger partial charge in [0, 0.05) is 18.4 Å². The Balaban J connectivity index is 2.57. The topological polar surface area (TPSA) is 63.2 Å². The van der Waals surface area contributed by atoms with E-state index in [-0.39, 0.29) is 18.2 Å². The molecule has 4 nitrogen and oxygen atoms in total. The summed E-state index contributed by atoms with van der Waals surface area (Å²) in [5.74, 6) is 0.143. The van der Waals surface area contributed by atoms with Crippen molar-refractivity contribution in [2.75, 3.05) is 18.6 Å². The summed E-state index contributed by atoms with van der Waals surface area (Å²) >= 11 is 0. The summed E-state index contributed by atoms with van der Waals surface area (Å²) in [6, 6.07) is 7.34. The normalized spacial score (nSPS) is 11.6. The van der Waals surface area contributed by atoms with Gasteiger partial charge in [0.2, 0.25) is 0 Å². The minimum atomic E-state index is -3.03. The van der Waals surface area contributed by atoms with Gasteiger partial charge in [0.25, 0.3) is 5.91 Å². The van der Waals surface area contributed by atoms with E-state index in [1.165, 1.54) is 5.56 Å². The van der Waals surface area contributed by atoms with E-state index in [1.807, 2.05) is 12.1 Å². The Kier molecular flexibility index (Phi) is 4.90. The van der Waals surface area contributed by atoms with Crippen LogP contribution < -0.4 is 5.32 Å². The molecule has 5 heteroatoms. The van der Waals surface area contributed by atoms with Crippen LogP contribution >= 0.6 is 0 Å². The molecule has 1 aromatic carbocycles. The molecule has 1 aromatic rings. The lowest BCUT2D eigenvalue weighted by molar-refractivity contribution is 0.0956. The lowest BCUT2D eigenvalue weighted by atomic mass is 10.0. The van der Waals surface area contributed by atoms with E-state index in [4.69, 9.17) is 0 Å². The van der Waals surface area contributed by atoms with Crippen molar-refractivity contribution in [3.63, 3.8) is 0 Å². The molecule has 0 aliphatic heterocycles. The van der Waals surface area contributed by atoms with Gasteiger partial charge in [-0.3, -0.25) is 4.79 Å². The minimum Gasteiger partial charge on any atom is -0.351 e. The van der Waals surface area contributed by atoms with Crippen molar-refractivity contribution in [3.05, 3.63) is 35.4 Å². The molecule has 1 amide bonds. The third-order valence-electron chi connectivity index (χ3n) is 2.60. The molecular formula is C13H19NO3S. The van der Waals surface area contributed by atoms with Gasteiger partial charge < -0.3 is 5.32 Å². The first-order valence-electron chi connectivity index (χ1n) is 5.85. The van der Waals surface area contributed by atoms with Crippen molar-refractivity contribution in [2.45, 2.75) is 19.8 Å². The van der Waals surface area contributed by atoms with Gasteiger partial charge in [0.05, 0.1) is 5.75 Å². The molecule has 1 rings (SSSR count). The molecule has 0 saturated heterocycles. The van der Waals surface area contributed by atoms with Gasteiger partial charge in [0.1, 0.15) is 9.84 Å². The van der Waals surface area contributed by atoms with Gasteiger partial charge in [0.15, 0.2) is 0 Å². The Labute approximate surface area is 108 Å². The number of benzene rings is 1. The van der Waals surface area contributed by atoms with Crippen molar-refractivity contribution >= 4 is 15.7 Å². The van der Waals surface area contributed by atoms with Crippen LogP contribution in [0.15, 0.2) is 24.3 Å². The first kappa shape index (κ1) is 14.7. The Morgan fingerprint density at radius 3 is 2.22 bits per heavy atom. The fourth-order valence-electron chi connectivity index (χ4n) is 1.47. The zero-order valence-corrected chi connectivity index (χ0v) is 11.8. The predicted octanol–water partition coefficient (Wildman–Crippen LogP) is 1.58. The van der Waals surface area contributed by atoms with Gasteiger partial charge in [-0.15, -0.1) is 0 Å². The van der Waals surface area contributed by atoms with Crippen LogP contribution in [0.5, 0.6) is 0 Å². The number of nitrogens with one attached hydrogen (secondary N) is 1. The summed E-state index contributed by atoms with van der Waals surface area (Å²) in [6.07, 6.45) is 1.15. The lowest BCUT2D eigenvalue weighted by Gasteiger charge is -2.07. The SMILES string of the molecule is CC(C)c1ccc(C(=O)NCCS(C)(=O)=O)cc1. The van der Waals surface area contributed by atoms with Crippen molar-refractivity contribution in [1.29, 1.82) is 0 Å². The standard InChI is InChI=1S/C13H19NO3S/c1-10(2)11-4-6-12(7-5-11)13(15)14-8-9-18(3,16)17/h4-7,10H,8-9H2,1-3H3,(H,14,15). The first-order valence-corrected chi connectivity index (χ1v) is 7.91. The molecule has 0 atom stereocenters. The van der Waals surface area contributed by atoms with E-state index in [0.29, 0.717) is 11.5 Å². The molecule has 0 aromatic heterocycles. The fraction of sp³-hybridized carbons (Fsp3) is 0.462. The van der Waals surface area contributed by atoms with E-state index in [0.717, 1.165) is 6.26 Å². The van der Waals surface area contributed by atoms with Gasteiger partial charge in [-0.2, -0.15) is 0 Å². The van der Waals surface area contributed by atoms with Gasteiger partial charge in [-0.25, -0.2) is 8.42 Å². The fourth-order valence-corrected chi connectivity index (χ4v) is 1.94. The minimum absolute atomic E-state index is 0.0389. The maximum atomic E-state index is 11.7. The maximum absolute atomic E-state index is 11.7. The highest BCUT2D eigenvalue weighted by atomic mass is 32.2. The van der Waals surface area contributed by atoms with Gasteiger partial charge in [-0.05, 0) is 23.6 Å². The molecule has 0 saturated carbocycles. The Bertz CT molecular complexity index is 504. The van der Waals surface area contributed by atoms with Crippen molar-refractivity contribution in [1.82, 2.24) is 5.32 Å². The van der Waals surface area contributed by atoms with Crippen LogP contribution in [0.3, 0.4) is 0 Å². The van der Waals surface area contributed by atoms with E-state index in [1.54, 1.807) is 12.1 Å². The quantitative estimate of drug-likeness (QED) is 0.882. The summed E-state index contributed by atoms with van der Waals surface area (Å²) in [6.45, 7) is 4.31. The number of carbonyl (C=O) groups excluding carboxylic acids is 1. The zero-order valence-electron chi connectivity index (χ0n) is 10.9. The molecular weight excluding hydrogens is 250 g/mol. The first-order chi connectivity index (χ1) is 8.29. The van der Waals surface area contributed by atoms with E-state index in [9.17, 15) is 13.2 Å². The Morgan fingerprint density at radius 1 is 1.22 bits per heavy atom. The van der Waals surface area contributed by atoms with Crippen LogP contribution in [0, 0.1) is 0 Å². The highest BCUT2D eigenvalue weighted by molar-refractivity contribution is 7.90. The molecule has 0 aliphatic carbocycles. The maximum Gasteiger partial charge on any atom is 0.251 e. The number of carbonyl (C=O) groups is 1.